The van der Waals surface area contributed by atoms with Gasteiger partial charge in [0.2, 0.25) is 0 Å². The lowest BCUT2D eigenvalue weighted by atomic mass is 10.1. The van der Waals surface area contributed by atoms with Crippen molar-refractivity contribution in [2.45, 2.75) is 19.1 Å². The number of carboxylic acid groups (broad SMARTS) is 1. The first-order valence-corrected chi connectivity index (χ1v) is 9.99. The molecule has 0 spiro atoms. The number of nitrogens with one attached hydrogen (secondary N) is 2. The van der Waals surface area contributed by atoms with Gasteiger partial charge < -0.3 is 14.6 Å². The molecule has 3 rings (SSSR count). The van der Waals surface area contributed by atoms with E-state index in [0.29, 0.717) is 37.4 Å². The van der Waals surface area contributed by atoms with Gasteiger partial charge in [-0.25, -0.2) is 9.59 Å². The van der Waals surface area contributed by atoms with Crippen LogP contribution in [-0.4, -0.2) is 97.4 Å². The normalized spacial score (nSPS) is 20.8. The summed E-state index contributed by atoms with van der Waals surface area (Å²) in [5.41, 5.74) is 1.12. The third-order valence-corrected chi connectivity index (χ3v) is 5.53. The number of carboxylic acids is 1. The van der Waals surface area contributed by atoms with E-state index in [1.807, 2.05) is 4.90 Å². The number of alkyl carbamates (subject to hydrolysis) is 1. The molecule has 1 aromatic rings. The number of amides is 2. The minimum Gasteiger partial charge on any atom is -0.480 e. The molecule has 2 heterocycles. The number of aliphatic carboxylic acids is 1. The third kappa shape index (κ3) is 5.50. The van der Waals surface area contributed by atoms with E-state index in [4.69, 9.17) is 15.3 Å². The summed E-state index contributed by atoms with van der Waals surface area (Å²) in [6.45, 7) is 5.43. The number of methoxy groups -OCH3 is 1. The molecule has 168 valence electrons. The zero-order chi connectivity index (χ0) is 22.5. The molecule has 0 aromatic heterocycles. The number of hydrogen-bond acceptors (Lipinski definition) is 8. The Morgan fingerprint density at radius 3 is 2.48 bits per heavy atom. The van der Waals surface area contributed by atoms with Gasteiger partial charge in [0, 0.05) is 44.0 Å². The lowest BCUT2D eigenvalue weighted by Crippen LogP contribution is -2.53. The van der Waals surface area contributed by atoms with Gasteiger partial charge >= 0.3 is 18.2 Å². The number of anilines is 1. The minimum absolute atomic E-state index is 0.100. The van der Waals surface area contributed by atoms with Crippen molar-refractivity contribution in [2.24, 2.45) is 0 Å². The van der Waals surface area contributed by atoms with Crippen LogP contribution in [0, 0.1) is 5.41 Å². The van der Waals surface area contributed by atoms with Crippen molar-refractivity contribution >= 4 is 29.7 Å². The molecule has 11 heteroatoms. The van der Waals surface area contributed by atoms with Crippen molar-refractivity contribution in [3.63, 3.8) is 0 Å². The van der Waals surface area contributed by atoms with Gasteiger partial charge in [0.15, 0.2) is 0 Å². The van der Waals surface area contributed by atoms with Crippen LogP contribution in [-0.2, 0) is 14.3 Å². The van der Waals surface area contributed by atoms with Crippen molar-refractivity contribution in [2.75, 3.05) is 51.3 Å². The van der Waals surface area contributed by atoms with E-state index >= 15 is 0 Å². The minimum atomic E-state index is -0.823. The van der Waals surface area contributed by atoms with Crippen LogP contribution in [0.2, 0.25) is 0 Å². The van der Waals surface area contributed by atoms with E-state index in [-0.39, 0.29) is 11.9 Å². The topological polar surface area (TPSA) is 136 Å². The highest BCUT2D eigenvalue weighted by atomic mass is 16.6. The fourth-order valence-electron chi connectivity index (χ4n) is 3.64. The number of hydrogen-bond donors (Lipinski definition) is 3. The molecular weight excluding hydrogens is 406 g/mol. The standard InChI is InChI=1S/C20H27N5O6/c1-13(18(26)27)24-9-7-23(8-10-24)11-16-12-25(20(29)31-16)15-5-3-14(4-6-15)17(21)22-19(28)30-2/h3-6,13,16H,7-12H2,1-2H3,(H,26,27)(H2,21,22,28). The predicted molar refractivity (Wildman–Crippen MR) is 112 cm³/mol. The quantitative estimate of drug-likeness (QED) is 0.442. The van der Waals surface area contributed by atoms with Gasteiger partial charge in [0.25, 0.3) is 0 Å². The van der Waals surface area contributed by atoms with Crippen molar-refractivity contribution in [1.82, 2.24) is 15.1 Å². The monoisotopic (exact) mass is 433 g/mol. The lowest BCUT2D eigenvalue weighted by molar-refractivity contribution is -0.143. The van der Waals surface area contributed by atoms with Crippen molar-refractivity contribution in [1.29, 1.82) is 5.41 Å². The molecule has 0 bridgehead atoms. The second-order valence-corrected chi connectivity index (χ2v) is 7.51. The number of ether oxygens (including phenoxy) is 2. The fourth-order valence-corrected chi connectivity index (χ4v) is 3.64. The number of rotatable bonds is 6. The van der Waals surface area contributed by atoms with Gasteiger partial charge in [-0.1, -0.05) is 0 Å². The van der Waals surface area contributed by atoms with Crippen LogP contribution in [0.5, 0.6) is 0 Å². The Morgan fingerprint density at radius 1 is 1.26 bits per heavy atom. The van der Waals surface area contributed by atoms with Gasteiger partial charge in [-0.15, -0.1) is 0 Å². The van der Waals surface area contributed by atoms with Gasteiger partial charge in [-0.2, -0.15) is 0 Å². The molecule has 2 saturated heterocycles. The zero-order valence-corrected chi connectivity index (χ0v) is 17.5. The fraction of sp³-hybridized carbons (Fsp3) is 0.500. The molecule has 2 fully saturated rings. The van der Waals surface area contributed by atoms with E-state index in [9.17, 15) is 14.4 Å². The lowest BCUT2D eigenvalue weighted by Gasteiger charge is -2.37. The first-order chi connectivity index (χ1) is 14.8. The van der Waals surface area contributed by atoms with E-state index in [2.05, 4.69) is 15.0 Å². The Bertz CT molecular complexity index is 837. The Kier molecular flexibility index (Phi) is 7.08. The maximum Gasteiger partial charge on any atom is 0.414 e. The Hall–Kier alpha value is -3.18. The SMILES string of the molecule is COC(=O)NC(=N)c1ccc(N2CC(CN3CCN(C(C)C(=O)O)CC3)OC2=O)cc1. The van der Waals surface area contributed by atoms with Crippen LogP contribution in [0.1, 0.15) is 12.5 Å². The molecule has 11 nitrogen and oxygen atoms in total. The first-order valence-electron chi connectivity index (χ1n) is 9.99. The maximum absolute atomic E-state index is 12.3. The van der Waals surface area contributed by atoms with Crippen LogP contribution < -0.4 is 10.2 Å². The molecule has 3 N–H and O–H groups in total. The van der Waals surface area contributed by atoms with Crippen LogP contribution in [0.4, 0.5) is 15.3 Å². The first kappa shape index (κ1) is 22.5. The number of cyclic esters (lactones) is 1. The van der Waals surface area contributed by atoms with Crippen molar-refractivity contribution < 1.29 is 29.0 Å². The number of carbonyl (C=O) groups excluding carboxylic acids is 2. The predicted octanol–water partition coefficient (Wildman–Crippen LogP) is 0.784. The highest BCUT2D eigenvalue weighted by Gasteiger charge is 2.34. The summed E-state index contributed by atoms with van der Waals surface area (Å²) in [6.07, 6.45) is -1.44. The molecule has 2 aliphatic rings. The zero-order valence-electron chi connectivity index (χ0n) is 17.5. The van der Waals surface area contributed by atoms with Gasteiger partial charge in [-0.3, -0.25) is 30.2 Å². The van der Waals surface area contributed by atoms with Crippen molar-refractivity contribution in [3.8, 4) is 0 Å². The van der Waals surface area contributed by atoms with E-state index < -0.39 is 24.2 Å². The molecule has 2 aliphatic heterocycles. The summed E-state index contributed by atoms with van der Waals surface area (Å²) >= 11 is 0. The van der Waals surface area contributed by atoms with E-state index in [0.717, 1.165) is 13.1 Å². The average molecular weight is 433 g/mol. The Morgan fingerprint density at radius 2 is 1.90 bits per heavy atom. The third-order valence-electron chi connectivity index (χ3n) is 5.53. The highest BCUT2D eigenvalue weighted by molar-refractivity contribution is 6.04. The van der Waals surface area contributed by atoms with Crippen LogP contribution in [0.15, 0.2) is 24.3 Å². The smallest absolute Gasteiger partial charge is 0.414 e. The molecule has 1 aromatic carbocycles. The molecule has 0 saturated carbocycles. The maximum atomic E-state index is 12.3. The highest BCUT2D eigenvalue weighted by Crippen LogP contribution is 2.23. The molecule has 0 radical (unpaired) electrons. The van der Waals surface area contributed by atoms with Crippen molar-refractivity contribution in [3.05, 3.63) is 29.8 Å². The second-order valence-electron chi connectivity index (χ2n) is 7.51. The molecule has 31 heavy (non-hydrogen) atoms. The summed E-state index contributed by atoms with van der Waals surface area (Å²) in [6, 6.07) is 6.15. The number of amidine groups is 1. The molecule has 2 atom stereocenters. The van der Waals surface area contributed by atoms with Gasteiger partial charge in [0.1, 0.15) is 18.0 Å². The summed E-state index contributed by atoms with van der Waals surface area (Å²) in [5, 5.41) is 19.3. The second kappa shape index (κ2) is 9.75. The van der Waals surface area contributed by atoms with E-state index in [1.54, 1.807) is 31.2 Å². The summed E-state index contributed by atoms with van der Waals surface area (Å²) < 4.78 is 9.98. The number of carbonyl (C=O) groups is 3. The van der Waals surface area contributed by atoms with Crippen LogP contribution >= 0.6 is 0 Å². The molecule has 0 aliphatic carbocycles. The molecule has 2 amide bonds. The largest absolute Gasteiger partial charge is 0.480 e. The Labute approximate surface area is 180 Å². The Balaban J connectivity index is 1.52. The van der Waals surface area contributed by atoms with E-state index in [1.165, 1.54) is 12.0 Å². The van der Waals surface area contributed by atoms with Crippen LogP contribution in [0.3, 0.4) is 0 Å². The summed E-state index contributed by atoms with van der Waals surface area (Å²) in [4.78, 5) is 40.3. The summed E-state index contributed by atoms with van der Waals surface area (Å²) in [5.74, 6) is -0.923. The van der Waals surface area contributed by atoms with Crippen LogP contribution in [0.25, 0.3) is 0 Å². The number of piperazine rings is 1. The average Bonchev–Trinajstić information content (AvgIpc) is 3.13. The van der Waals surface area contributed by atoms with Gasteiger partial charge in [-0.05, 0) is 31.2 Å². The molecular formula is C20H27N5O6. The molecule has 2 unspecified atom stereocenters. The summed E-state index contributed by atoms with van der Waals surface area (Å²) in [7, 11) is 1.22. The number of nitrogens with zero attached hydrogens (tertiary/aromatic N) is 3. The van der Waals surface area contributed by atoms with Gasteiger partial charge in [0.05, 0.1) is 13.7 Å². The number of benzene rings is 1.